The number of thiazole rings is 1. The third kappa shape index (κ3) is 4.30. The molecular formula is C27H26N2O5S2. The van der Waals surface area contributed by atoms with Gasteiger partial charge in [0.25, 0.3) is 0 Å². The third-order valence-electron chi connectivity index (χ3n) is 6.82. The summed E-state index contributed by atoms with van der Waals surface area (Å²) in [6, 6.07) is 12.8. The van der Waals surface area contributed by atoms with Gasteiger partial charge in [-0.2, -0.15) is 0 Å². The van der Waals surface area contributed by atoms with Crippen molar-refractivity contribution < 1.29 is 24.5 Å². The lowest BCUT2D eigenvalue weighted by molar-refractivity contribution is -0.137. The summed E-state index contributed by atoms with van der Waals surface area (Å²) in [5.41, 5.74) is 7.68. The van der Waals surface area contributed by atoms with E-state index >= 15 is 0 Å². The van der Waals surface area contributed by atoms with E-state index in [-0.39, 0.29) is 12.4 Å². The van der Waals surface area contributed by atoms with Crippen LogP contribution in [0.4, 0.5) is 11.4 Å². The number of carbonyl (C=O) groups is 1. The summed E-state index contributed by atoms with van der Waals surface area (Å²) in [5.74, 6) is 0.786. The fourth-order valence-electron chi connectivity index (χ4n) is 5.26. The lowest BCUT2D eigenvalue weighted by Crippen LogP contribution is -2.26. The zero-order chi connectivity index (χ0) is 25.4. The zero-order valence-corrected chi connectivity index (χ0v) is 21.6. The smallest absolute Gasteiger partial charge is 0.323 e. The van der Waals surface area contributed by atoms with Crippen LogP contribution in [0.1, 0.15) is 41.2 Å². The fraction of sp³-hybridized carbons (Fsp3) is 0.296. The number of benzene rings is 2. The van der Waals surface area contributed by atoms with E-state index in [0.717, 1.165) is 46.9 Å². The van der Waals surface area contributed by atoms with E-state index in [1.807, 2.05) is 18.2 Å². The molecule has 1 fully saturated rings. The highest BCUT2D eigenvalue weighted by molar-refractivity contribution is 7.73. The van der Waals surface area contributed by atoms with Gasteiger partial charge in [0.15, 0.2) is 3.95 Å². The topological polar surface area (TPSA) is 84.2 Å². The molecule has 2 aromatic carbocycles. The Hall–Kier alpha value is -3.52. The molecule has 0 spiro atoms. The second kappa shape index (κ2) is 9.85. The van der Waals surface area contributed by atoms with Crippen LogP contribution in [0, 0.1) is 3.95 Å². The molecular weight excluding hydrogens is 496 g/mol. The molecule has 9 heteroatoms. The Morgan fingerprint density at radius 1 is 1.17 bits per heavy atom. The maximum Gasteiger partial charge on any atom is 0.323 e. The number of rotatable bonds is 7. The van der Waals surface area contributed by atoms with E-state index in [1.54, 1.807) is 20.3 Å². The number of hydrogen-bond donors (Lipinski definition) is 2. The van der Waals surface area contributed by atoms with Crippen molar-refractivity contribution in [2.24, 2.45) is 0 Å². The second-order valence-electron chi connectivity index (χ2n) is 8.82. The first kappa shape index (κ1) is 24.2. The van der Waals surface area contributed by atoms with E-state index in [2.05, 4.69) is 34.9 Å². The van der Waals surface area contributed by atoms with Gasteiger partial charge in [0.2, 0.25) is 5.88 Å². The molecule has 2 aliphatic rings. The highest BCUT2D eigenvalue weighted by Crippen LogP contribution is 2.54. The van der Waals surface area contributed by atoms with E-state index in [1.165, 1.54) is 22.2 Å². The molecule has 0 saturated heterocycles. The summed E-state index contributed by atoms with van der Waals surface area (Å²) >= 11 is 6.34. The van der Waals surface area contributed by atoms with Crippen LogP contribution in [0.5, 0.6) is 17.4 Å². The molecule has 36 heavy (non-hydrogen) atoms. The Kier molecular flexibility index (Phi) is 6.62. The predicted octanol–water partition coefficient (Wildman–Crippen LogP) is 6.20. The molecule has 7 nitrogen and oxygen atoms in total. The van der Waals surface area contributed by atoms with Gasteiger partial charge in [-0.15, -0.1) is 17.1 Å². The average Bonchev–Trinajstić information content (AvgIpc) is 3.53. The molecule has 0 radical (unpaired) electrons. The van der Waals surface area contributed by atoms with Crippen LogP contribution < -0.4 is 14.4 Å². The summed E-state index contributed by atoms with van der Waals surface area (Å²) in [6.07, 6.45) is 6.95. The van der Waals surface area contributed by atoms with E-state index in [0.29, 0.717) is 20.8 Å². The van der Waals surface area contributed by atoms with Crippen LogP contribution in [0.3, 0.4) is 0 Å². The van der Waals surface area contributed by atoms with Crippen molar-refractivity contribution in [3.8, 4) is 17.4 Å². The second-order valence-corrected chi connectivity index (χ2v) is 10.5. The van der Waals surface area contributed by atoms with Crippen molar-refractivity contribution in [2.75, 3.05) is 19.1 Å². The number of anilines is 2. The Labute approximate surface area is 218 Å². The van der Waals surface area contributed by atoms with Gasteiger partial charge in [0.05, 0.1) is 24.8 Å². The van der Waals surface area contributed by atoms with Gasteiger partial charge in [0, 0.05) is 29.8 Å². The molecule has 2 atom stereocenters. The summed E-state index contributed by atoms with van der Waals surface area (Å²) in [6.45, 7) is -0.373. The number of methoxy groups -OCH3 is 2. The maximum atomic E-state index is 11.0. The highest BCUT2D eigenvalue weighted by Gasteiger charge is 2.42. The number of carboxylic acid groups (broad SMARTS) is 1. The predicted molar refractivity (Wildman–Crippen MR) is 143 cm³/mol. The lowest BCUT2D eigenvalue weighted by atomic mass is 9.96. The fourth-order valence-corrected chi connectivity index (χ4v) is 6.46. The quantitative estimate of drug-likeness (QED) is 0.282. The van der Waals surface area contributed by atoms with Crippen LogP contribution in [0.15, 0.2) is 42.1 Å². The van der Waals surface area contributed by atoms with Gasteiger partial charge in [-0.1, -0.05) is 12.5 Å². The molecule has 0 amide bonds. The van der Waals surface area contributed by atoms with Gasteiger partial charge in [-0.25, -0.2) is 0 Å². The summed E-state index contributed by atoms with van der Waals surface area (Å²) in [4.78, 5) is 13.9. The zero-order valence-electron chi connectivity index (χ0n) is 19.9. The Balaban J connectivity index is 1.48. The minimum atomic E-state index is -1.06. The highest BCUT2D eigenvalue weighted by atomic mass is 32.1. The van der Waals surface area contributed by atoms with Crippen LogP contribution in [-0.4, -0.2) is 41.0 Å². The lowest BCUT2D eigenvalue weighted by Gasteiger charge is -2.28. The molecule has 1 saturated carbocycles. The van der Waals surface area contributed by atoms with Crippen LogP contribution in [-0.2, 0) is 11.3 Å². The van der Waals surface area contributed by atoms with E-state index in [4.69, 9.17) is 26.8 Å². The number of ether oxygens (including phenoxy) is 2. The molecule has 186 valence electrons. The summed E-state index contributed by atoms with van der Waals surface area (Å²) in [5, 5.41) is 19.3. The molecule has 1 aromatic heterocycles. The maximum absolute atomic E-state index is 11.0. The average molecular weight is 523 g/mol. The van der Waals surface area contributed by atoms with Crippen LogP contribution in [0.2, 0.25) is 0 Å². The standard InChI is InChI=1S/C27H26N2O5S2/c1-33-17-10-12-22(23(14-17)34-2)29-20-7-4-6-18(20)19-13-16(9-11-21(19)29)5-3-8-24-26(32)28(15-25(30)31)27(35)36-24/h5,8-14,18,20,32H,4,6-7,15H2,1-2H3,(H,30,31). The molecule has 0 bridgehead atoms. The first-order valence-corrected chi connectivity index (χ1v) is 12.9. The summed E-state index contributed by atoms with van der Waals surface area (Å²) < 4.78 is 12.6. The largest absolute Gasteiger partial charge is 0.497 e. The van der Waals surface area contributed by atoms with Crippen molar-refractivity contribution in [3.05, 3.63) is 62.1 Å². The number of aromatic nitrogens is 1. The first-order valence-electron chi connectivity index (χ1n) is 11.6. The van der Waals surface area contributed by atoms with Crippen LogP contribution in [0.25, 0.3) is 12.2 Å². The van der Waals surface area contributed by atoms with Gasteiger partial charge in [-0.3, -0.25) is 9.36 Å². The van der Waals surface area contributed by atoms with E-state index in [9.17, 15) is 9.90 Å². The number of fused-ring (bicyclic) bond motifs is 3. The van der Waals surface area contributed by atoms with Gasteiger partial charge >= 0.3 is 5.97 Å². The molecule has 2 N–H and O–H groups in total. The van der Waals surface area contributed by atoms with Crippen molar-refractivity contribution >= 4 is 53.1 Å². The molecule has 2 unspecified atom stereocenters. The minimum absolute atomic E-state index is 0.153. The van der Waals surface area contributed by atoms with Crippen molar-refractivity contribution in [1.29, 1.82) is 0 Å². The third-order valence-corrected chi connectivity index (χ3v) is 8.21. The number of carboxylic acids is 1. The Morgan fingerprint density at radius 3 is 2.72 bits per heavy atom. The van der Waals surface area contributed by atoms with Gasteiger partial charge in [-0.05, 0) is 66.5 Å². The van der Waals surface area contributed by atoms with Crippen LogP contribution >= 0.6 is 23.6 Å². The van der Waals surface area contributed by atoms with Crippen molar-refractivity contribution in [3.63, 3.8) is 0 Å². The van der Waals surface area contributed by atoms with Gasteiger partial charge in [0.1, 0.15) is 18.0 Å². The number of aliphatic carboxylic acids is 1. The van der Waals surface area contributed by atoms with Crippen molar-refractivity contribution in [1.82, 2.24) is 4.57 Å². The van der Waals surface area contributed by atoms with E-state index < -0.39 is 5.97 Å². The number of nitrogens with zero attached hydrogens (tertiary/aromatic N) is 2. The monoisotopic (exact) mass is 522 g/mol. The molecule has 1 aliphatic heterocycles. The molecule has 2 heterocycles. The normalized spacial score (nSPS) is 17.8. The molecule has 5 rings (SSSR count). The number of aromatic hydroxyl groups is 1. The van der Waals surface area contributed by atoms with Gasteiger partial charge < -0.3 is 24.6 Å². The summed E-state index contributed by atoms with van der Waals surface area (Å²) in [7, 11) is 3.34. The Bertz CT molecular complexity index is 1450. The van der Waals surface area contributed by atoms with Crippen molar-refractivity contribution in [2.45, 2.75) is 37.8 Å². The molecule has 1 aliphatic carbocycles. The molecule has 3 aromatic rings. The first-order chi connectivity index (χ1) is 17.4. The SMILES string of the molecule is COc1ccc(N2c3ccc(C=C=Cc4sc(=S)n(CC(=O)O)c4O)cc3C3CCCC32)c(OC)c1. The Morgan fingerprint density at radius 2 is 1.97 bits per heavy atom. The minimum Gasteiger partial charge on any atom is -0.497 e. The number of hydrogen-bond acceptors (Lipinski definition) is 7.